The first-order valence-electron chi connectivity index (χ1n) is 12.9. The Morgan fingerprint density at radius 1 is 0.759 bits per heavy atom. The second-order valence-electron chi connectivity index (χ2n) is 11.9. The molecule has 0 aromatic heterocycles. The van der Waals surface area contributed by atoms with E-state index in [9.17, 15) is 0 Å². The fraction of sp³-hybridized carbons (Fsp3) is 0.926. The molecule has 0 spiro atoms. The highest BCUT2D eigenvalue weighted by atomic mass is 15.3. The third-order valence-electron chi connectivity index (χ3n) is 8.81. The van der Waals surface area contributed by atoms with Gasteiger partial charge in [0.25, 0.3) is 0 Å². The topological polar surface area (TPSA) is 6.25 Å². The van der Waals surface area contributed by atoms with Gasteiger partial charge in [-0.25, -0.2) is 0 Å². The minimum Gasteiger partial charge on any atom is -0.261 e. The van der Waals surface area contributed by atoms with E-state index in [-0.39, 0.29) is 0 Å². The van der Waals surface area contributed by atoms with Crippen LogP contribution in [-0.4, -0.2) is 41.0 Å². The van der Waals surface area contributed by atoms with E-state index >= 15 is 0 Å². The standard InChI is InChI=1S/C27H50N2/c1-18(2)22-11-9-12-23(19(3)4)26(22)28-15-16-29(17-28)27-24(20(5)6)13-10-14-25(27)21(7)8/h9,17-27H,10-16H2,1-8H3/q+2/t22-,23?,24+,25?,26?,27?/m0/s1. The lowest BCUT2D eigenvalue weighted by Crippen LogP contribution is -2.50. The van der Waals surface area contributed by atoms with Crippen LogP contribution in [0.5, 0.6) is 0 Å². The zero-order valence-electron chi connectivity index (χ0n) is 20.8. The average Bonchev–Trinajstić information content (AvgIpc) is 3.15. The lowest BCUT2D eigenvalue weighted by atomic mass is 9.68. The molecule has 0 radical (unpaired) electrons. The van der Waals surface area contributed by atoms with Crippen LogP contribution in [0, 0.1) is 53.8 Å². The fourth-order valence-corrected chi connectivity index (χ4v) is 7.09. The summed E-state index contributed by atoms with van der Waals surface area (Å²) in [6.45, 7) is 22.2. The first-order chi connectivity index (χ1) is 13.7. The fourth-order valence-electron chi connectivity index (χ4n) is 7.09. The van der Waals surface area contributed by atoms with E-state index in [0.717, 1.165) is 59.4 Å². The van der Waals surface area contributed by atoms with Gasteiger partial charge in [-0.15, -0.1) is 0 Å². The maximum absolute atomic E-state index is 2.82. The molecule has 0 N–H and O–H groups in total. The van der Waals surface area contributed by atoms with Crippen molar-refractivity contribution in [2.24, 2.45) is 47.3 Å². The molecular formula is C27H50N2+2. The Balaban J connectivity index is 1.89. The summed E-state index contributed by atoms with van der Waals surface area (Å²) in [4.78, 5) is 2.81. The van der Waals surface area contributed by atoms with E-state index < -0.39 is 0 Å². The van der Waals surface area contributed by atoms with Crippen molar-refractivity contribution in [2.75, 3.05) is 13.1 Å². The molecule has 3 aliphatic rings. The Morgan fingerprint density at radius 3 is 1.69 bits per heavy atom. The predicted octanol–water partition coefficient (Wildman–Crippen LogP) is 6.35. The van der Waals surface area contributed by atoms with Crippen LogP contribution in [0.3, 0.4) is 0 Å². The minimum absolute atomic E-state index is 0.726. The van der Waals surface area contributed by atoms with Crippen LogP contribution in [0.15, 0.2) is 0 Å². The van der Waals surface area contributed by atoms with Crippen LogP contribution in [0.4, 0.5) is 0 Å². The molecule has 1 heterocycles. The van der Waals surface area contributed by atoms with E-state index in [0.29, 0.717) is 0 Å². The molecule has 0 aromatic rings. The Bertz CT molecular complexity index is 515. The summed E-state index contributed by atoms with van der Waals surface area (Å²) in [5, 5.41) is 0. The third-order valence-corrected chi connectivity index (χ3v) is 8.81. The molecule has 2 aliphatic carbocycles. The maximum Gasteiger partial charge on any atom is 0.234 e. The highest BCUT2D eigenvalue weighted by Crippen LogP contribution is 2.42. The first kappa shape index (κ1) is 23.0. The molecule has 4 unspecified atom stereocenters. The molecule has 1 aliphatic heterocycles. The Kier molecular flexibility index (Phi) is 7.66. The van der Waals surface area contributed by atoms with Crippen molar-refractivity contribution in [1.82, 2.24) is 4.90 Å². The molecule has 6 atom stereocenters. The second kappa shape index (κ2) is 9.65. The van der Waals surface area contributed by atoms with E-state index in [1.807, 2.05) is 0 Å². The largest absolute Gasteiger partial charge is 0.261 e. The molecule has 0 bridgehead atoms. The zero-order valence-corrected chi connectivity index (χ0v) is 20.8. The average molecular weight is 403 g/mol. The highest BCUT2D eigenvalue weighted by molar-refractivity contribution is 5.51. The number of rotatable bonds is 6. The molecular weight excluding hydrogens is 352 g/mol. The third kappa shape index (κ3) is 4.82. The zero-order chi connectivity index (χ0) is 21.3. The molecule has 0 saturated heterocycles. The monoisotopic (exact) mass is 402 g/mol. The number of nitrogens with zero attached hydrogens (tertiary/aromatic N) is 2. The van der Waals surface area contributed by atoms with E-state index in [4.69, 9.17) is 0 Å². The van der Waals surface area contributed by atoms with Crippen molar-refractivity contribution >= 4 is 6.34 Å². The predicted molar refractivity (Wildman–Crippen MR) is 126 cm³/mol. The van der Waals surface area contributed by atoms with Crippen molar-refractivity contribution in [1.29, 1.82) is 0 Å². The van der Waals surface area contributed by atoms with Crippen LogP contribution in [-0.2, 0) is 0 Å². The van der Waals surface area contributed by atoms with Crippen LogP contribution < -0.4 is 0 Å². The summed E-state index contributed by atoms with van der Waals surface area (Å²) in [6, 6.07) is 1.47. The van der Waals surface area contributed by atoms with Gasteiger partial charge in [-0.05, 0) is 36.5 Å². The van der Waals surface area contributed by atoms with E-state index in [1.165, 1.54) is 45.2 Å². The smallest absolute Gasteiger partial charge is 0.234 e. The summed E-state index contributed by atoms with van der Waals surface area (Å²) in [7, 11) is 0. The van der Waals surface area contributed by atoms with Gasteiger partial charge in [-0.1, -0.05) is 61.8 Å². The maximum atomic E-state index is 2.82. The second-order valence-corrected chi connectivity index (χ2v) is 11.9. The van der Waals surface area contributed by atoms with Crippen LogP contribution in [0.2, 0.25) is 0 Å². The highest BCUT2D eigenvalue weighted by Gasteiger charge is 2.49. The Labute approximate surface area is 182 Å². The van der Waals surface area contributed by atoms with Crippen molar-refractivity contribution in [3.8, 4) is 0 Å². The molecule has 166 valence electrons. The summed E-state index contributed by atoms with van der Waals surface area (Å²) < 4.78 is 2.82. The van der Waals surface area contributed by atoms with E-state index in [2.05, 4.69) is 77.6 Å². The summed E-state index contributed by atoms with van der Waals surface area (Å²) in [6.07, 6.45) is 12.1. The van der Waals surface area contributed by atoms with Crippen LogP contribution in [0.1, 0.15) is 87.5 Å². The number of hydrogen-bond acceptors (Lipinski definition) is 1. The van der Waals surface area contributed by atoms with Crippen molar-refractivity contribution < 1.29 is 4.58 Å². The Morgan fingerprint density at radius 2 is 1.24 bits per heavy atom. The molecule has 0 aromatic carbocycles. The molecule has 2 heteroatoms. The van der Waals surface area contributed by atoms with Gasteiger partial charge in [0.1, 0.15) is 25.2 Å². The summed E-state index contributed by atoms with van der Waals surface area (Å²) >= 11 is 0. The van der Waals surface area contributed by atoms with Crippen molar-refractivity contribution in [3.63, 3.8) is 0 Å². The quantitative estimate of drug-likeness (QED) is 0.370. The van der Waals surface area contributed by atoms with Gasteiger partial charge in [0.15, 0.2) is 0 Å². The van der Waals surface area contributed by atoms with Gasteiger partial charge < -0.3 is 0 Å². The van der Waals surface area contributed by atoms with Gasteiger partial charge >= 0.3 is 0 Å². The van der Waals surface area contributed by atoms with Gasteiger partial charge in [0.05, 0.1) is 19.3 Å². The van der Waals surface area contributed by atoms with Gasteiger partial charge in [0.2, 0.25) is 6.34 Å². The molecule has 3 rings (SSSR count). The van der Waals surface area contributed by atoms with Gasteiger partial charge in [-0.2, -0.15) is 0 Å². The van der Waals surface area contributed by atoms with Crippen molar-refractivity contribution in [3.05, 3.63) is 6.42 Å². The van der Waals surface area contributed by atoms with Gasteiger partial charge in [0, 0.05) is 23.7 Å². The lowest BCUT2D eigenvalue weighted by molar-refractivity contribution is -0.577. The normalized spacial score (nSPS) is 36.3. The van der Waals surface area contributed by atoms with Crippen LogP contribution in [0.25, 0.3) is 0 Å². The molecule has 2 fully saturated rings. The van der Waals surface area contributed by atoms with Crippen LogP contribution >= 0.6 is 0 Å². The SMILES string of the molecule is CC(C)C1C[CH+]C[C@@H](C(C)C)C1N1C=[N+](C2C(C(C)C)CCC[C@@H]2C(C)C)CC1. The number of hydrogen-bond donors (Lipinski definition) is 0. The lowest BCUT2D eigenvalue weighted by Gasteiger charge is -2.41. The molecule has 2 saturated carbocycles. The van der Waals surface area contributed by atoms with E-state index in [1.54, 1.807) is 0 Å². The minimum atomic E-state index is 0.726. The van der Waals surface area contributed by atoms with Gasteiger partial charge in [-0.3, -0.25) is 9.48 Å². The molecule has 0 amide bonds. The molecule has 2 nitrogen and oxygen atoms in total. The Hall–Kier alpha value is -0.660. The summed E-state index contributed by atoms with van der Waals surface area (Å²) in [5.41, 5.74) is 0. The van der Waals surface area contributed by atoms with Crippen molar-refractivity contribution in [2.45, 2.75) is 99.6 Å². The molecule has 29 heavy (non-hydrogen) atoms. The summed E-state index contributed by atoms with van der Waals surface area (Å²) in [5.74, 6) is 6.44. The first-order valence-corrected chi connectivity index (χ1v) is 12.9.